The maximum absolute atomic E-state index is 13.7. The molecule has 6 amide bonds. The van der Waals surface area contributed by atoms with Crippen LogP contribution in [-0.4, -0.2) is 87.1 Å². The monoisotopic (exact) mass is 655 g/mol. The Balaban J connectivity index is 1.13. The molecule has 47 heavy (non-hydrogen) atoms. The van der Waals surface area contributed by atoms with Gasteiger partial charge in [0.05, 0.1) is 0 Å². The summed E-state index contributed by atoms with van der Waals surface area (Å²) in [5.74, 6) is -3.12. The number of hydrogen-bond acceptors (Lipinski definition) is 8. The van der Waals surface area contributed by atoms with Crippen LogP contribution < -0.4 is 10.6 Å². The molecule has 2 fully saturated rings. The first-order chi connectivity index (χ1) is 22.7. The topological polar surface area (TPSA) is 145 Å². The Morgan fingerprint density at radius 3 is 2.40 bits per heavy atom. The molecule has 2 unspecified atom stereocenters. The van der Waals surface area contributed by atoms with Gasteiger partial charge in [-0.2, -0.15) is 0 Å². The molecule has 3 aliphatic rings. The van der Waals surface area contributed by atoms with Crippen molar-refractivity contribution < 1.29 is 33.5 Å². The van der Waals surface area contributed by atoms with Gasteiger partial charge in [0.15, 0.2) is 0 Å². The second kappa shape index (κ2) is 13.3. The molecular weight excluding hydrogens is 622 g/mol. The Kier molecular flexibility index (Phi) is 8.99. The molecule has 6 rings (SSSR count). The van der Waals surface area contributed by atoms with Gasteiger partial charge in [-0.05, 0) is 47.4 Å². The summed E-state index contributed by atoms with van der Waals surface area (Å²) in [5, 5.41) is 6.84. The number of carbonyl (C=O) groups is 6. The number of benzene rings is 3. The van der Waals surface area contributed by atoms with Crippen LogP contribution in [0.5, 0.6) is 0 Å². The standard InChI is InChI=1S/C34H33N5O7S/c1-3-37-15-16-38(31(43)30(37)42)34(45)36-25(23-10-5-4-6-11-23)28(40)35-26-29(41)39-27(20(2)19-47-32(26)39)33(44)46-18-21-13-14-22-9-7-8-12-24(22)17-21/h4-14,17,25-26,32H,3,15-16,18-19H2,1-2H3,(H,35,40)(H,36,45)/t25?,26?,32-/m0/s1. The molecule has 0 bridgehead atoms. The van der Waals surface area contributed by atoms with E-state index >= 15 is 0 Å². The predicted molar refractivity (Wildman–Crippen MR) is 173 cm³/mol. The summed E-state index contributed by atoms with van der Waals surface area (Å²) < 4.78 is 5.64. The molecular formula is C34H33N5O7S. The van der Waals surface area contributed by atoms with E-state index in [0.717, 1.165) is 21.2 Å². The number of nitrogens with zero attached hydrogens (tertiary/aromatic N) is 3. The van der Waals surface area contributed by atoms with Gasteiger partial charge in [-0.25, -0.2) is 9.59 Å². The minimum absolute atomic E-state index is 0.0203. The predicted octanol–water partition coefficient (Wildman–Crippen LogP) is 2.70. The van der Waals surface area contributed by atoms with Crippen molar-refractivity contribution in [2.24, 2.45) is 0 Å². The van der Waals surface area contributed by atoms with E-state index in [1.165, 1.54) is 21.6 Å². The number of rotatable bonds is 8. The highest BCUT2D eigenvalue weighted by Gasteiger charge is 2.54. The maximum atomic E-state index is 13.7. The smallest absolute Gasteiger partial charge is 0.355 e. The first kappa shape index (κ1) is 31.8. The second-order valence-corrected chi connectivity index (χ2v) is 12.5. The van der Waals surface area contributed by atoms with Gasteiger partial charge in [-0.15, -0.1) is 11.8 Å². The molecule has 0 saturated carbocycles. The van der Waals surface area contributed by atoms with E-state index in [2.05, 4.69) is 10.6 Å². The fourth-order valence-electron chi connectivity index (χ4n) is 5.86. The van der Waals surface area contributed by atoms with Crippen molar-refractivity contribution in [3.63, 3.8) is 0 Å². The summed E-state index contributed by atoms with van der Waals surface area (Å²) in [7, 11) is 0. The molecule has 3 atom stereocenters. The van der Waals surface area contributed by atoms with E-state index in [9.17, 15) is 28.8 Å². The molecule has 0 aliphatic carbocycles. The van der Waals surface area contributed by atoms with Gasteiger partial charge < -0.3 is 20.3 Å². The Bertz CT molecular complexity index is 1810. The van der Waals surface area contributed by atoms with E-state index in [0.29, 0.717) is 23.4 Å². The summed E-state index contributed by atoms with van der Waals surface area (Å²) in [6.45, 7) is 4.02. The molecule has 0 aromatic heterocycles. The Morgan fingerprint density at radius 1 is 0.936 bits per heavy atom. The summed E-state index contributed by atoms with van der Waals surface area (Å²) >= 11 is 1.40. The summed E-state index contributed by atoms with van der Waals surface area (Å²) in [4.78, 5) is 82.1. The van der Waals surface area contributed by atoms with Gasteiger partial charge >= 0.3 is 23.8 Å². The van der Waals surface area contributed by atoms with E-state index in [1.54, 1.807) is 44.2 Å². The van der Waals surface area contributed by atoms with E-state index < -0.39 is 53.1 Å². The van der Waals surface area contributed by atoms with Crippen LogP contribution in [0, 0.1) is 0 Å². The number of ether oxygens (including phenoxy) is 1. The van der Waals surface area contributed by atoms with Gasteiger partial charge in [0, 0.05) is 25.4 Å². The number of piperazine rings is 1. The second-order valence-electron chi connectivity index (χ2n) is 11.4. The molecule has 242 valence electrons. The van der Waals surface area contributed by atoms with Gasteiger partial charge in [-0.3, -0.25) is 29.0 Å². The lowest BCUT2D eigenvalue weighted by Crippen LogP contribution is -2.71. The highest BCUT2D eigenvalue weighted by Crippen LogP contribution is 2.40. The highest BCUT2D eigenvalue weighted by molar-refractivity contribution is 8.00. The first-order valence-electron chi connectivity index (χ1n) is 15.2. The molecule has 3 aromatic carbocycles. The lowest BCUT2D eigenvalue weighted by molar-refractivity contribution is -0.154. The number of β-lactam (4-membered cyclic amide) rings is 1. The number of amides is 6. The minimum Gasteiger partial charge on any atom is -0.456 e. The number of hydrogen-bond donors (Lipinski definition) is 2. The molecule has 3 heterocycles. The Labute approximate surface area is 275 Å². The third-order valence-electron chi connectivity index (χ3n) is 8.43. The molecule has 3 aliphatic heterocycles. The Hall–Kier alpha value is -5.17. The summed E-state index contributed by atoms with van der Waals surface area (Å²) in [5.41, 5.74) is 2.07. The first-order valence-corrected chi connectivity index (χ1v) is 16.3. The average Bonchev–Trinajstić information content (AvgIpc) is 3.09. The van der Waals surface area contributed by atoms with Crippen molar-refractivity contribution in [2.45, 2.75) is 37.9 Å². The number of thioether (sulfide) groups is 1. The lowest BCUT2D eigenvalue weighted by Gasteiger charge is -2.49. The van der Waals surface area contributed by atoms with Crippen LogP contribution in [0.4, 0.5) is 4.79 Å². The third kappa shape index (κ3) is 6.18. The van der Waals surface area contributed by atoms with Gasteiger partial charge in [0.1, 0.15) is 29.8 Å². The van der Waals surface area contributed by atoms with Crippen LogP contribution in [-0.2, 0) is 35.3 Å². The lowest BCUT2D eigenvalue weighted by atomic mass is 10.0. The number of fused-ring (bicyclic) bond motifs is 2. The maximum Gasteiger partial charge on any atom is 0.355 e. The molecule has 3 aromatic rings. The number of nitrogens with one attached hydrogen (secondary N) is 2. The zero-order valence-electron chi connectivity index (χ0n) is 25.8. The zero-order chi connectivity index (χ0) is 33.2. The number of esters is 1. The number of urea groups is 1. The number of imide groups is 1. The van der Waals surface area contributed by atoms with Gasteiger partial charge in [0.2, 0.25) is 5.91 Å². The van der Waals surface area contributed by atoms with Crippen molar-refractivity contribution >= 4 is 58.2 Å². The minimum atomic E-state index is -1.27. The SMILES string of the molecule is CCN1CCN(C(=O)NC(C(=O)NC2C(=O)N3C(C(=O)OCc4ccc5ccccc5c4)=C(C)CS[C@@H]23)c2ccccc2)C(=O)C1=O. The number of likely N-dealkylation sites (N-methyl/N-ethyl adjacent to an activating group) is 1. The third-order valence-corrected chi connectivity index (χ3v) is 9.86. The molecule has 0 spiro atoms. The quantitative estimate of drug-likeness (QED) is 0.214. The van der Waals surface area contributed by atoms with Gasteiger partial charge in [0.25, 0.3) is 5.91 Å². The van der Waals surface area contributed by atoms with Crippen LogP contribution in [0.25, 0.3) is 10.8 Å². The van der Waals surface area contributed by atoms with Crippen molar-refractivity contribution in [1.82, 2.24) is 25.3 Å². The van der Waals surface area contributed by atoms with Crippen LogP contribution >= 0.6 is 11.8 Å². The summed E-state index contributed by atoms with van der Waals surface area (Å²) in [6, 6.07) is 18.9. The van der Waals surface area contributed by atoms with Crippen LogP contribution in [0.1, 0.15) is 31.0 Å². The average molecular weight is 656 g/mol. The fraction of sp³-hybridized carbons (Fsp3) is 0.294. The van der Waals surface area contributed by atoms with E-state index in [4.69, 9.17) is 4.74 Å². The Morgan fingerprint density at radius 2 is 1.66 bits per heavy atom. The van der Waals surface area contributed by atoms with Crippen molar-refractivity contribution in [1.29, 1.82) is 0 Å². The van der Waals surface area contributed by atoms with E-state index in [1.807, 2.05) is 42.5 Å². The number of carbonyl (C=O) groups excluding carboxylic acids is 6. The molecule has 2 N–H and O–H groups in total. The van der Waals surface area contributed by atoms with E-state index in [-0.39, 0.29) is 25.4 Å². The summed E-state index contributed by atoms with van der Waals surface area (Å²) in [6.07, 6.45) is 0. The zero-order valence-corrected chi connectivity index (χ0v) is 26.6. The van der Waals surface area contributed by atoms with Crippen molar-refractivity contribution in [3.8, 4) is 0 Å². The van der Waals surface area contributed by atoms with Crippen molar-refractivity contribution in [2.75, 3.05) is 25.4 Å². The normalized spacial score (nSPS) is 20.0. The van der Waals surface area contributed by atoms with Crippen molar-refractivity contribution in [3.05, 3.63) is 95.2 Å². The fourth-order valence-corrected chi connectivity index (χ4v) is 7.15. The van der Waals surface area contributed by atoms with Crippen LogP contribution in [0.15, 0.2) is 84.1 Å². The highest BCUT2D eigenvalue weighted by atomic mass is 32.2. The largest absolute Gasteiger partial charge is 0.456 e. The molecule has 12 nitrogen and oxygen atoms in total. The molecule has 13 heteroatoms. The van der Waals surface area contributed by atoms with Crippen LogP contribution in [0.2, 0.25) is 0 Å². The van der Waals surface area contributed by atoms with Gasteiger partial charge in [-0.1, -0.05) is 66.7 Å². The van der Waals surface area contributed by atoms with Crippen LogP contribution in [0.3, 0.4) is 0 Å². The molecule has 2 saturated heterocycles. The molecule has 0 radical (unpaired) electrons.